The van der Waals surface area contributed by atoms with Gasteiger partial charge in [0, 0.05) is 78.4 Å². The standard InChI is InChI=1S/C21H37N5O4/c1-22-18(6-8-24-9-13-25(14-10-24)17-4-5-17)20(30-21(22)29)26-15-11-23(12-16-26)7-2-3-19(27)28/h17-18,20H,2-16H2,1H3,(H,27,28). The molecule has 4 fully saturated rings. The summed E-state index contributed by atoms with van der Waals surface area (Å²) in [5, 5.41) is 8.81. The minimum atomic E-state index is -0.730. The van der Waals surface area contributed by atoms with Crippen molar-refractivity contribution >= 4 is 12.1 Å². The maximum atomic E-state index is 12.3. The summed E-state index contributed by atoms with van der Waals surface area (Å²) < 4.78 is 5.76. The van der Waals surface area contributed by atoms with Crippen molar-refractivity contribution in [2.45, 2.75) is 50.4 Å². The predicted molar refractivity (Wildman–Crippen MR) is 112 cm³/mol. The van der Waals surface area contributed by atoms with E-state index in [0.29, 0.717) is 6.42 Å². The molecule has 1 aliphatic carbocycles. The second-order valence-corrected chi connectivity index (χ2v) is 9.22. The van der Waals surface area contributed by atoms with E-state index in [4.69, 9.17) is 9.84 Å². The highest BCUT2D eigenvalue weighted by molar-refractivity contribution is 5.70. The van der Waals surface area contributed by atoms with Crippen LogP contribution in [-0.4, -0.2) is 132 Å². The third kappa shape index (κ3) is 5.43. The van der Waals surface area contributed by atoms with Gasteiger partial charge >= 0.3 is 12.1 Å². The van der Waals surface area contributed by atoms with Crippen LogP contribution in [-0.2, 0) is 9.53 Å². The Kier molecular flexibility index (Phi) is 7.12. The van der Waals surface area contributed by atoms with Crippen LogP contribution in [0.25, 0.3) is 0 Å². The summed E-state index contributed by atoms with van der Waals surface area (Å²) in [6.07, 6.45) is 4.22. The minimum Gasteiger partial charge on any atom is -0.481 e. The van der Waals surface area contributed by atoms with Crippen molar-refractivity contribution in [3.63, 3.8) is 0 Å². The van der Waals surface area contributed by atoms with Gasteiger partial charge in [0.2, 0.25) is 0 Å². The predicted octanol–water partition coefficient (Wildman–Crippen LogP) is 0.416. The third-order valence-corrected chi connectivity index (χ3v) is 7.18. The van der Waals surface area contributed by atoms with E-state index < -0.39 is 5.97 Å². The summed E-state index contributed by atoms with van der Waals surface area (Å²) in [7, 11) is 1.86. The Morgan fingerprint density at radius 3 is 2.17 bits per heavy atom. The first-order chi connectivity index (χ1) is 14.5. The summed E-state index contributed by atoms with van der Waals surface area (Å²) in [5.41, 5.74) is 0. The Bertz CT molecular complexity index is 600. The lowest BCUT2D eigenvalue weighted by Crippen LogP contribution is -2.55. The first-order valence-electron chi connectivity index (χ1n) is 11.6. The van der Waals surface area contributed by atoms with Crippen LogP contribution in [0.5, 0.6) is 0 Å². The molecule has 3 saturated heterocycles. The molecule has 2 unspecified atom stereocenters. The van der Waals surface area contributed by atoms with Crippen LogP contribution in [0.4, 0.5) is 4.79 Å². The van der Waals surface area contributed by atoms with E-state index in [1.807, 2.05) is 7.05 Å². The zero-order chi connectivity index (χ0) is 21.1. The molecular formula is C21H37N5O4. The van der Waals surface area contributed by atoms with Crippen molar-refractivity contribution in [2.24, 2.45) is 0 Å². The Hall–Kier alpha value is -1.42. The van der Waals surface area contributed by atoms with E-state index in [1.165, 1.54) is 25.9 Å². The van der Waals surface area contributed by atoms with Crippen LogP contribution in [0.3, 0.4) is 0 Å². The average molecular weight is 424 g/mol. The molecule has 9 nitrogen and oxygen atoms in total. The molecule has 0 aromatic carbocycles. The molecule has 9 heteroatoms. The first-order valence-corrected chi connectivity index (χ1v) is 11.6. The summed E-state index contributed by atoms with van der Waals surface area (Å²) in [5.74, 6) is -0.730. The zero-order valence-electron chi connectivity index (χ0n) is 18.2. The van der Waals surface area contributed by atoms with Gasteiger partial charge < -0.3 is 24.5 Å². The van der Waals surface area contributed by atoms with Crippen LogP contribution in [0.1, 0.15) is 32.1 Å². The van der Waals surface area contributed by atoms with Crippen LogP contribution in [0, 0.1) is 0 Å². The molecule has 4 aliphatic rings. The van der Waals surface area contributed by atoms with Crippen molar-refractivity contribution in [1.82, 2.24) is 24.5 Å². The van der Waals surface area contributed by atoms with E-state index in [-0.39, 0.29) is 24.8 Å². The number of hydrogen-bond acceptors (Lipinski definition) is 7. The molecule has 3 aliphatic heterocycles. The van der Waals surface area contributed by atoms with E-state index in [9.17, 15) is 9.59 Å². The number of likely N-dealkylation sites (N-methyl/N-ethyl adjacent to an activating group) is 1. The molecule has 0 aromatic heterocycles. The number of hydrogen-bond donors (Lipinski definition) is 1. The van der Waals surface area contributed by atoms with Crippen molar-refractivity contribution in [1.29, 1.82) is 0 Å². The van der Waals surface area contributed by atoms with Crippen molar-refractivity contribution in [2.75, 3.05) is 72.5 Å². The number of carbonyl (C=O) groups excluding carboxylic acids is 1. The lowest BCUT2D eigenvalue weighted by atomic mass is 10.1. The number of carbonyl (C=O) groups is 2. The normalized spacial score (nSPS) is 30.0. The number of aliphatic carboxylic acids is 1. The number of carboxylic acid groups (broad SMARTS) is 1. The summed E-state index contributed by atoms with van der Waals surface area (Å²) in [4.78, 5) is 34.5. The third-order valence-electron chi connectivity index (χ3n) is 7.18. The fraction of sp³-hybridized carbons (Fsp3) is 0.905. The van der Waals surface area contributed by atoms with Gasteiger partial charge in [-0.2, -0.15) is 0 Å². The van der Waals surface area contributed by atoms with E-state index in [0.717, 1.165) is 64.8 Å². The number of nitrogens with zero attached hydrogens (tertiary/aromatic N) is 5. The van der Waals surface area contributed by atoms with Gasteiger partial charge in [-0.3, -0.25) is 14.6 Å². The van der Waals surface area contributed by atoms with Crippen molar-refractivity contribution in [3.05, 3.63) is 0 Å². The highest BCUT2D eigenvalue weighted by Crippen LogP contribution is 2.28. The van der Waals surface area contributed by atoms with Crippen LogP contribution >= 0.6 is 0 Å². The van der Waals surface area contributed by atoms with E-state index in [1.54, 1.807) is 4.90 Å². The lowest BCUT2D eigenvalue weighted by molar-refractivity contribution is -0.137. The average Bonchev–Trinajstić information content (AvgIpc) is 3.55. The molecule has 30 heavy (non-hydrogen) atoms. The second kappa shape index (κ2) is 9.80. The number of piperazine rings is 2. The number of carboxylic acids is 1. The molecule has 1 saturated carbocycles. The van der Waals surface area contributed by atoms with Crippen LogP contribution in [0.15, 0.2) is 0 Å². The van der Waals surface area contributed by atoms with E-state index in [2.05, 4.69) is 19.6 Å². The molecule has 1 amide bonds. The molecule has 0 aromatic rings. The number of cyclic esters (lactones) is 1. The fourth-order valence-electron chi connectivity index (χ4n) is 5.05. The molecule has 0 spiro atoms. The highest BCUT2D eigenvalue weighted by Gasteiger charge is 2.43. The smallest absolute Gasteiger partial charge is 0.411 e. The van der Waals surface area contributed by atoms with E-state index >= 15 is 0 Å². The van der Waals surface area contributed by atoms with Gasteiger partial charge in [0.15, 0.2) is 6.23 Å². The second-order valence-electron chi connectivity index (χ2n) is 9.22. The van der Waals surface area contributed by atoms with Gasteiger partial charge in [-0.25, -0.2) is 4.79 Å². The Labute approximate surface area is 179 Å². The molecular weight excluding hydrogens is 386 g/mol. The lowest BCUT2D eigenvalue weighted by Gasteiger charge is -2.39. The van der Waals surface area contributed by atoms with Gasteiger partial charge in [-0.15, -0.1) is 0 Å². The molecule has 0 radical (unpaired) electrons. The molecule has 1 N–H and O–H groups in total. The summed E-state index contributed by atoms with van der Waals surface area (Å²) >= 11 is 0. The van der Waals surface area contributed by atoms with Gasteiger partial charge in [-0.1, -0.05) is 0 Å². The zero-order valence-corrected chi connectivity index (χ0v) is 18.2. The first kappa shape index (κ1) is 21.8. The Morgan fingerprint density at radius 2 is 1.57 bits per heavy atom. The largest absolute Gasteiger partial charge is 0.481 e. The molecule has 3 heterocycles. The van der Waals surface area contributed by atoms with Gasteiger partial charge in [0.05, 0.1) is 6.04 Å². The molecule has 170 valence electrons. The molecule has 4 rings (SSSR count). The Balaban J connectivity index is 1.22. The number of rotatable bonds is 9. The number of amides is 1. The van der Waals surface area contributed by atoms with Gasteiger partial charge in [0.25, 0.3) is 0 Å². The molecule has 2 atom stereocenters. The van der Waals surface area contributed by atoms with Gasteiger partial charge in [0.1, 0.15) is 0 Å². The van der Waals surface area contributed by atoms with Crippen LogP contribution < -0.4 is 0 Å². The monoisotopic (exact) mass is 423 g/mol. The Morgan fingerprint density at radius 1 is 0.967 bits per heavy atom. The fourth-order valence-corrected chi connectivity index (χ4v) is 5.05. The SMILES string of the molecule is CN1C(=O)OC(N2CCN(CCCC(=O)O)CC2)C1CCN1CCN(C2CC2)CC1. The maximum absolute atomic E-state index is 12.3. The van der Waals surface area contributed by atoms with Gasteiger partial charge in [-0.05, 0) is 32.2 Å². The maximum Gasteiger partial charge on any atom is 0.411 e. The van der Waals surface area contributed by atoms with Crippen molar-refractivity contribution in [3.8, 4) is 0 Å². The molecule has 0 bridgehead atoms. The minimum absolute atomic E-state index is 0.0949. The topological polar surface area (TPSA) is 79.8 Å². The van der Waals surface area contributed by atoms with Crippen LogP contribution in [0.2, 0.25) is 0 Å². The summed E-state index contributed by atoms with van der Waals surface area (Å²) in [6.45, 7) is 9.94. The highest BCUT2D eigenvalue weighted by atomic mass is 16.6. The quantitative estimate of drug-likeness (QED) is 0.572. The summed E-state index contributed by atoms with van der Waals surface area (Å²) in [6, 6.07) is 0.948. The van der Waals surface area contributed by atoms with Crippen molar-refractivity contribution < 1.29 is 19.4 Å². The number of ether oxygens (including phenoxy) is 1.